The van der Waals surface area contributed by atoms with Crippen molar-refractivity contribution >= 4 is 31.9 Å². The Morgan fingerprint density at radius 3 is 1.31 bits per heavy atom. The van der Waals surface area contributed by atoms with Crippen molar-refractivity contribution in [3.63, 3.8) is 0 Å². The molecule has 0 aliphatic carbocycles. The molecule has 0 heterocycles. The summed E-state index contributed by atoms with van der Waals surface area (Å²) in [6.45, 7) is 8.14. The van der Waals surface area contributed by atoms with Crippen LogP contribution in [0, 0.1) is 0 Å². The molecule has 0 fully saturated rings. The Balaban J connectivity index is 1.88. The Bertz CT molecular complexity index is 628. The molecule has 29 heavy (non-hydrogen) atoms. The van der Waals surface area contributed by atoms with Crippen LogP contribution in [0.5, 0.6) is 11.5 Å². The highest BCUT2D eigenvalue weighted by atomic mass is 79.9. The van der Waals surface area contributed by atoms with Crippen LogP contribution in [0.3, 0.4) is 0 Å². The minimum atomic E-state index is -0.116. The first kappa shape index (κ1) is 24.2. The minimum Gasteiger partial charge on any atom is -0.491 e. The third-order valence-corrected chi connectivity index (χ3v) is 5.24. The molecule has 0 aromatic heterocycles. The molecule has 0 spiro atoms. The SMILES string of the molecule is CC(C)(c1ccc(OCCOCCBr)cc1)c1ccc(OCCOCCBr)cc1. The monoisotopic (exact) mass is 528 g/mol. The smallest absolute Gasteiger partial charge is 0.119 e. The standard InChI is InChI=1S/C23H30Br2O4/c1-23(2,19-3-7-21(8-4-19)28-17-15-26-13-11-24)20-5-9-22(10-6-20)29-18-16-27-14-12-25/h3-10H,11-18H2,1-2H3. The number of benzene rings is 2. The van der Waals surface area contributed by atoms with Gasteiger partial charge in [-0.15, -0.1) is 0 Å². The summed E-state index contributed by atoms with van der Waals surface area (Å²) in [4.78, 5) is 0. The lowest BCUT2D eigenvalue weighted by atomic mass is 9.78. The summed E-state index contributed by atoms with van der Waals surface area (Å²) in [5.41, 5.74) is 2.35. The van der Waals surface area contributed by atoms with Crippen molar-refractivity contribution in [1.82, 2.24) is 0 Å². The van der Waals surface area contributed by atoms with E-state index in [4.69, 9.17) is 18.9 Å². The van der Waals surface area contributed by atoms with Crippen LogP contribution in [0.25, 0.3) is 0 Å². The maximum Gasteiger partial charge on any atom is 0.119 e. The fourth-order valence-corrected chi connectivity index (χ4v) is 3.31. The van der Waals surface area contributed by atoms with Crippen LogP contribution in [0.15, 0.2) is 48.5 Å². The first-order chi connectivity index (χ1) is 14.1. The zero-order valence-electron chi connectivity index (χ0n) is 17.2. The Labute approximate surface area is 191 Å². The van der Waals surface area contributed by atoms with E-state index in [1.165, 1.54) is 11.1 Å². The molecular weight excluding hydrogens is 500 g/mol. The molecule has 6 heteroatoms. The number of halogens is 2. The maximum atomic E-state index is 5.73. The van der Waals surface area contributed by atoms with Crippen molar-refractivity contribution in [1.29, 1.82) is 0 Å². The van der Waals surface area contributed by atoms with Crippen LogP contribution in [-0.2, 0) is 14.9 Å². The average Bonchev–Trinajstić information content (AvgIpc) is 2.74. The third kappa shape index (κ3) is 8.28. The first-order valence-corrected chi connectivity index (χ1v) is 12.1. The molecule has 0 N–H and O–H groups in total. The van der Waals surface area contributed by atoms with Gasteiger partial charge in [-0.05, 0) is 35.4 Å². The lowest BCUT2D eigenvalue weighted by Gasteiger charge is -2.26. The summed E-state index contributed by atoms with van der Waals surface area (Å²) in [6, 6.07) is 16.6. The predicted molar refractivity (Wildman–Crippen MR) is 125 cm³/mol. The van der Waals surface area contributed by atoms with Crippen LogP contribution >= 0.6 is 31.9 Å². The quantitative estimate of drug-likeness (QED) is 0.236. The Morgan fingerprint density at radius 2 is 0.966 bits per heavy atom. The Morgan fingerprint density at radius 1 is 0.586 bits per heavy atom. The molecular formula is C23H30Br2O4. The van der Waals surface area contributed by atoms with Gasteiger partial charge in [0.15, 0.2) is 0 Å². The van der Waals surface area contributed by atoms with Gasteiger partial charge in [-0.1, -0.05) is 70.0 Å². The molecule has 0 bridgehead atoms. The number of alkyl halides is 2. The molecule has 0 saturated carbocycles. The van der Waals surface area contributed by atoms with E-state index in [2.05, 4.69) is 70.0 Å². The van der Waals surface area contributed by atoms with Gasteiger partial charge in [-0.3, -0.25) is 0 Å². The predicted octanol–water partition coefficient (Wildman–Crippen LogP) is 5.59. The lowest BCUT2D eigenvalue weighted by Crippen LogP contribution is -2.18. The summed E-state index contributed by atoms with van der Waals surface area (Å²) < 4.78 is 22.3. The van der Waals surface area contributed by atoms with E-state index in [9.17, 15) is 0 Å². The molecule has 0 saturated heterocycles. The molecule has 0 unspecified atom stereocenters. The van der Waals surface area contributed by atoms with E-state index < -0.39 is 0 Å². The molecule has 0 amide bonds. The highest BCUT2D eigenvalue weighted by Crippen LogP contribution is 2.33. The average molecular weight is 530 g/mol. The van der Waals surface area contributed by atoms with Crippen LogP contribution < -0.4 is 9.47 Å². The van der Waals surface area contributed by atoms with E-state index in [0.717, 1.165) is 22.2 Å². The van der Waals surface area contributed by atoms with E-state index in [1.807, 2.05) is 24.3 Å². The van der Waals surface area contributed by atoms with Gasteiger partial charge in [0.2, 0.25) is 0 Å². The summed E-state index contributed by atoms with van der Waals surface area (Å²) in [5.74, 6) is 1.72. The maximum absolute atomic E-state index is 5.73. The molecule has 0 aliphatic heterocycles. The normalized spacial score (nSPS) is 11.4. The second-order valence-electron chi connectivity index (χ2n) is 6.97. The van der Waals surface area contributed by atoms with Gasteiger partial charge in [0.1, 0.15) is 24.7 Å². The van der Waals surface area contributed by atoms with Crippen LogP contribution in [-0.4, -0.2) is 50.3 Å². The van der Waals surface area contributed by atoms with E-state index in [-0.39, 0.29) is 5.41 Å². The molecule has 2 aromatic rings. The summed E-state index contributed by atoms with van der Waals surface area (Å²) in [6.07, 6.45) is 0. The van der Waals surface area contributed by atoms with Gasteiger partial charge in [-0.25, -0.2) is 0 Å². The van der Waals surface area contributed by atoms with E-state index >= 15 is 0 Å². The second-order valence-corrected chi connectivity index (χ2v) is 8.56. The van der Waals surface area contributed by atoms with Crippen molar-refractivity contribution in [2.45, 2.75) is 19.3 Å². The second kappa shape index (κ2) is 13.3. The number of ether oxygens (including phenoxy) is 4. The molecule has 0 aliphatic rings. The summed E-state index contributed by atoms with van der Waals surface area (Å²) in [7, 11) is 0. The minimum absolute atomic E-state index is 0.116. The highest BCUT2D eigenvalue weighted by molar-refractivity contribution is 9.09. The first-order valence-electron chi connectivity index (χ1n) is 9.82. The zero-order valence-corrected chi connectivity index (χ0v) is 20.3. The van der Waals surface area contributed by atoms with E-state index in [0.29, 0.717) is 39.6 Å². The van der Waals surface area contributed by atoms with Crippen LogP contribution in [0.4, 0.5) is 0 Å². The van der Waals surface area contributed by atoms with Crippen molar-refractivity contribution in [3.8, 4) is 11.5 Å². The lowest BCUT2D eigenvalue weighted by molar-refractivity contribution is 0.112. The molecule has 2 aromatic carbocycles. The van der Waals surface area contributed by atoms with Crippen molar-refractivity contribution in [3.05, 3.63) is 59.7 Å². The largest absolute Gasteiger partial charge is 0.491 e. The topological polar surface area (TPSA) is 36.9 Å². The van der Waals surface area contributed by atoms with Crippen molar-refractivity contribution in [2.75, 3.05) is 50.3 Å². The molecule has 0 radical (unpaired) electrons. The van der Waals surface area contributed by atoms with Gasteiger partial charge in [0, 0.05) is 16.1 Å². The Hall–Kier alpha value is -1.08. The molecule has 2 rings (SSSR count). The van der Waals surface area contributed by atoms with Gasteiger partial charge in [0.05, 0.1) is 26.4 Å². The number of rotatable bonds is 14. The number of hydrogen-bond acceptors (Lipinski definition) is 4. The molecule has 0 atom stereocenters. The number of hydrogen-bond donors (Lipinski definition) is 0. The fraction of sp³-hybridized carbons (Fsp3) is 0.478. The van der Waals surface area contributed by atoms with Crippen LogP contribution in [0.2, 0.25) is 0 Å². The van der Waals surface area contributed by atoms with Gasteiger partial charge in [-0.2, -0.15) is 0 Å². The van der Waals surface area contributed by atoms with Gasteiger partial charge < -0.3 is 18.9 Å². The molecule has 4 nitrogen and oxygen atoms in total. The summed E-state index contributed by atoms with van der Waals surface area (Å²) in [5, 5.41) is 1.69. The third-order valence-electron chi connectivity index (χ3n) is 4.59. The fourth-order valence-electron chi connectivity index (χ4n) is 2.85. The summed E-state index contributed by atoms with van der Waals surface area (Å²) >= 11 is 6.67. The van der Waals surface area contributed by atoms with Crippen molar-refractivity contribution < 1.29 is 18.9 Å². The zero-order chi connectivity index (χ0) is 21.0. The van der Waals surface area contributed by atoms with Crippen molar-refractivity contribution in [2.24, 2.45) is 0 Å². The van der Waals surface area contributed by atoms with Gasteiger partial charge >= 0.3 is 0 Å². The Kier molecular flexibility index (Phi) is 11.1. The van der Waals surface area contributed by atoms with Gasteiger partial charge in [0.25, 0.3) is 0 Å². The highest BCUT2D eigenvalue weighted by Gasteiger charge is 2.23. The molecule has 160 valence electrons. The van der Waals surface area contributed by atoms with E-state index in [1.54, 1.807) is 0 Å². The van der Waals surface area contributed by atoms with Crippen LogP contribution in [0.1, 0.15) is 25.0 Å².